The van der Waals surface area contributed by atoms with Crippen molar-refractivity contribution in [3.63, 3.8) is 0 Å². The van der Waals surface area contributed by atoms with Crippen molar-refractivity contribution in [3.8, 4) is 0 Å². The fourth-order valence-corrected chi connectivity index (χ4v) is 2.05. The van der Waals surface area contributed by atoms with Crippen molar-refractivity contribution in [2.24, 2.45) is 0 Å². The van der Waals surface area contributed by atoms with E-state index in [-0.39, 0.29) is 5.54 Å². The van der Waals surface area contributed by atoms with E-state index in [0.717, 1.165) is 23.4 Å². The Morgan fingerprint density at radius 3 is 2.53 bits per heavy atom. The lowest BCUT2D eigenvalue weighted by Gasteiger charge is -2.20. The third-order valence-electron chi connectivity index (χ3n) is 2.84. The Labute approximate surface area is 123 Å². The molecule has 0 aliphatic carbocycles. The van der Waals surface area contributed by atoms with E-state index in [0.29, 0.717) is 0 Å². The second kappa shape index (κ2) is 5.88. The summed E-state index contributed by atoms with van der Waals surface area (Å²) in [6, 6.07) is 8.40. The van der Waals surface area contributed by atoms with Gasteiger partial charge in [-0.1, -0.05) is 28.1 Å². The van der Waals surface area contributed by atoms with E-state index in [9.17, 15) is 0 Å². The summed E-state index contributed by atoms with van der Waals surface area (Å²) in [5, 5.41) is 3.47. The van der Waals surface area contributed by atoms with Gasteiger partial charge >= 0.3 is 0 Å². The SMILES string of the molecule is CC(C)(C)NCc1nccn1Cc1ccc(Br)cc1. The Balaban J connectivity index is 2.05. The molecule has 0 spiro atoms. The third-order valence-corrected chi connectivity index (χ3v) is 3.37. The van der Waals surface area contributed by atoms with Crippen molar-refractivity contribution in [1.29, 1.82) is 0 Å². The molecule has 0 bridgehead atoms. The first-order valence-electron chi connectivity index (χ1n) is 6.43. The molecule has 1 aromatic carbocycles. The van der Waals surface area contributed by atoms with Gasteiger partial charge in [0.1, 0.15) is 5.82 Å². The molecule has 0 saturated carbocycles. The average Bonchev–Trinajstić information content (AvgIpc) is 2.76. The van der Waals surface area contributed by atoms with Crippen LogP contribution >= 0.6 is 15.9 Å². The number of nitrogens with zero attached hydrogens (tertiary/aromatic N) is 2. The summed E-state index contributed by atoms with van der Waals surface area (Å²) in [7, 11) is 0. The van der Waals surface area contributed by atoms with Crippen LogP contribution in [0.15, 0.2) is 41.1 Å². The van der Waals surface area contributed by atoms with Crippen LogP contribution in [0.2, 0.25) is 0 Å². The maximum Gasteiger partial charge on any atom is 0.122 e. The Hall–Kier alpha value is -1.13. The summed E-state index contributed by atoms with van der Waals surface area (Å²) in [5.74, 6) is 1.07. The number of benzene rings is 1. The van der Waals surface area contributed by atoms with Crippen LogP contribution in [-0.2, 0) is 13.1 Å². The maximum atomic E-state index is 4.42. The van der Waals surface area contributed by atoms with Crippen LogP contribution in [0, 0.1) is 0 Å². The van der Waals surface area contributed by atoms with Gasteiger partial charge in [-0.25, -0.2) is 4.98 Å². The topological polar surface area (TPSA) is 29.9 Å². The molecule has 2 rings (SSSR count). The quantitative estimate of drug-likeness (QED) is 0.932. The summed E-state index contributed by atoms with van der Waals surface area (Å²) in [4.78, 5) is 4.42. The smallest absolute Gasteiger partial charge is 0.122 e. The highest BCUT2D eigenvalue weighted by atomic mass is 79.9. The van der Waals surface area contributed by atoms with Crippen LogP contribution in [-0.4, -0.2) is 15.1 Å². The number of nitrogens with one attached hydrogen (secondary N) is 1. The minimum Gasteiger partial charge on any atom is -0.329 e. The zero-order valence-corrected chi connectivity index (χ0v) is 13.2. The highest BCUT2D eigenvalue weighted by Gasteiger charge is 2.11. The average molecular weight is 322 g/mol. The molecule has 0 radical (unpaired) electrons. The molecule has 0 aliphatic heterocycles. The van der Waals surface area contributed by atoms with Gasteiger partial charge in [0.25, 0.3) is 0 Å². The molecule has 0 fully saturated rings. The standard InChI is InChI=1S/C15H20BrN3/c1-15(2,3)18-10-14-17-8-9-19(14)11-12-4-6-13(16)7-5-12/h4-9,18H,10-11H2,1-3H3. The minimum atomic E-state index is 0.106. The first-order chi connectivity index (χ1) is 8.94. The molecule has 0 saturated heterocycles. The molecule has 19 heavy (non-hydrogen) atoms. The zero-order chi connectivity index (χ0) is 13.9. The lowest BCUT2D eigenvalue weighted by molar-refractivity contribution is 0.413. The van der Waals surface area contributed by atoms with Crippen LogP contribution in [0.4, 0.5) is 0 Å². The van der Waals surface area contributed by atoms with Gasteiger partial charge in [0, 0.05) is 29.0 Å². The third kappa shape index (κ3) is 4.48. The molecule has 102 valence electrons. The summed E-state index contributed by atoms with van der Waals surface area (Å²) in [6.45, 7) is 8.13. The monoisotopic (exact) mass is 321 g/mol. The van der Waals surface area contributed by atoms with Crippen molar-refractivity contribution in [2.75, 3.05) is 0 Å². The molecule has 0 atom stereocenters. The van der Waals surface area contributed by atoms with E-state index < -0.39 is 0 Å². The van der Waals surface area contributed by atoms with Crippen LogP contribution in [0.25, 0.3) is 0 Å². The maximum absolute atomic E-state index is 4.42. The predicted octanol–water partition coefficient (Wildman–Crippen LogP) is 3.58. The molecule has 2 aromatic rings. The van der Waals surface area contributed by atoms with E-state index in [1.165, 1.54) is 5.56 Å². The van der Waals surface area contributed by atoms with Gasteiger partial charge in [0.05, 0.1) is 6.54 Å². The summed E-state index contributed by atoms with van der Waals surface area (Å²) in [6.07, 6.45) is 3.89. The highest BCUT2D eigenvalue weighted by Crippen LogP contribution is 2.12. The van der Waals surface area contributed by atoms with E-state index in [1.54, 1.807) is 0 Å². The Morgan fingerprint density at radius 2 is 1.89 bits per heavy atom. The molecule has 4 heteroatoms. The molecule has 0 aliphatic rings. The van der Waals surface area contributed by atoms with Gasteiger partial charge < -0.3 is 9.88 Å². The van der Waals surface area contributed by atoms with Crippen molar-refractivity contribution < 1.29 is 0 Å². The first-order valence-corrected chi connectivity index (χ1v) is 7.23. The highest BCUT2D eigenvalue weighted by molar-refractivity contribution is 9.10. The predicted molar refractivity (Wildman–Crippen MR) is 82.1 cm³/mol. The number of imidazole rings is 1. The Kier molecular flexibility index (Phi) is 4.42. The molecule has 1 N–H and O–H groups in total. The normalized spacial score (nSPS) is 11.8. The number of halogens is 1. The molecule has 3 nitrogen and oxygen atoms in total. The number of hydrogen-bond acceptors (Lipinski definition) is 2. The number of aromatic nitrogens is 2. The fourth-order valence-electron chi connectivity index (χ4n) is 1.78. The molecule has 0 unspecified atom stereocenters. The van der Waals surface area contributed by atoms with Gasteiger partial charge in [-0.2, -0.15) is 0 Å². The lowest BCUT2D eigenvalue weighted by Crippen LogP contribution is -2.36. The van der Waals surface area contributed by atoms with Gasteiger partial charge in [-0.3, -0.25) is 0 Å². The molecule has 0 amide bonds. The second-order valence-corrected chi connectivity index (χ2v) is 6.62. The molecule has 1 aromatic heterocycles. The van der Waals surface area contributed by atoms with Crippen LogP contribution in [0.1, 0.15) is 32.2 Å². The molecular formula is C15H20BrN3. The van der Waals surface area contributed by atoms with Gasteiger partial charge in [0.15, 0.2) is 0 Å². The summed E-state index contributed by atoms with van der Waals surface area (Å²) < 4.78 is 3.29. The van der Waals surface area contributed by atoms with Crippen molar-refractivity contribution in [3.05, 3.63) is 52.5 Å². The largest absolute Gasteiger partial charge is 0.329 e. The summed E-state index contributed by atoms with van der Waals surface area (Å²) in [5.41, 5.74) is 1.38. The van der Waals surface area contributed by atoms with Crippen molar-refractivity contribution >= 4 is 15.9 Å². The second-order valence-electron chi connectivity index (χ2n) is 5.70. The van der Waals surface area contributed by atoms with Crippen LogP contribution < -0.4 is 5.32 Å². The lowest BCUT2D eigenvalue weighted by atomic mass is 10.1. The van der Waals surface area contributed by atoms with Crippen LogP contribution in [0.5, 0.6) is 0 Å². The number of rotatable bonds is 4. The van der Waals surface area contributed by atoms with E-state index >= 15 is 0 Å². The van der Waals surface area contributed by atoms with Crippen molar-refractivity contribution in [2.45, 2.75) is 39.4 Å². The fraction of sp³-hybridized carbons (Fsp3) is 0.400. The molecular weight excluding hydrogens is 302 g/mol. The Morgan fingerprint density at radius 1 is 1.21 bits per heavy atom. The summed E-state index contributed by atoms with van der Waals surface area (Å²) >= 11 is 3.46. The Bertz CT molecular complexity index is 523. The number of hydrogen-bond donors (Lipinski definition) is 1. The van der Waals surface area contributed by atoms with Gasteiger partial charge in [-0.05, 0) is 38.5 Å². The molecule has 1 heterocycles. The zero-order valence-electron chi connectivity index (χ0n) is 11.7. The van der Waals surface area contributed by atoms with Gasteiger partial charge in [0.2, 0.25) is 0 Å². The first kappa shape index (κ1) is 14.3. The van der Waals surface area contributed by atoms with E-state index in [4.69, 9.17) is 0 Å². The van der Waals surface area contributed by atoms with E-state index in [1.807, 2.05) is 12.4 Å². The van der Waals surface area contributed by atoms with Crippen molar-refractivity contribution in [1.82, 2.24) is 14.9 Å². The van der Waals surface area contributed by atoms with Crippen LogP contribution in [0.3, 0.4) is 0 Å². The minimum absolute atomic E-state index is 0.106. The van der Waals surface area contributed by atoms with E-state index in [2.05, 4.69) is 75.8 Å². The van der Waals surface area contributed by atoms with Gasteiger partial charge in [-0.15, -0.1) is 0 Å².